The van der Waals surface area contributed by atoms with Gasteiger partial charge in [-0.2, -0.15) is 0 Å². The number of aryl methyl sites for hydroxylation is 1. The van der Waals surface area contributed by atoms with Crippen LogP contribution in [0.2, 0.25) is 0 Å². The zero-order valence-corrected chi connectivity index (χ0v) is 14.8. The van der Waals surface area contributed by atoms with Gasteiger partial charge in [0.1, 0.15) is 0 Å². The predicted molar refractivity (Wildman–Crippen MR) is 93.6 cm³/mol. The van der Waals surface area contributed by atoms with Crippen molar-refractivity contribution >= 4 is 38.5 Å². The molecule has 0 aliphatic carbocycles. The second kappa shape index (κ2) is 6.86. The maximum atomic E-state index is 3.65. The third kappa shape index (κ3) is 3.58. The largest absolute Gasteiger partial charge is 0.309 e. The standard InChI is InChI=1S/C16H17BrIN/c1-3-11-4-6-12(7-5-11)16(19-2)14-10-13(18)8-9-15(14)17/h4-10,16,19H,3H2,1-2H3. The fourth-order valence-corrected chi connectivity index (χ4v) is 3.17. The van der Waals surface area contributed by atoms with Crippen LogP contribution < -0.4 is 5.32 Å². The molecule has 2 aromatic carbocycles. The number of rotatable bonds is 4. The lowest BCUT2D eigenvalue weighted by atomic mass is 9.97. The highest BCUT2D eigenvalue weighted by atomic mass is 127. The molecule has 0 spiro atoms. The zero-order valence-electron chi connectivity index (χ0n) is 11.1. The number of hydrogen-bond donors (Lipinski definition) is 1. The van der Waals surface area contributed by atoms with Gasteiger partial charge in [-0.25, -0.2) is 0 Å². The number of benzene rings is 2. The second-order valence-electron chi connectivity index (χ2n) is 4.48. The first-order valence-electron chi connectivity index (χ1n) is 6.36. The lowest BCUT2D eigenvalue weighted by molar-refractivity contribution is 0.688. The fourth-order valence-electron chi connectivity index (χ4n) is 2.18. The molecular weight excluding hydrogens is 413 g/mol. The summed E-state index contributed by atoms with van der Waals surface area (Å²) in [6.45, 7) is 2.18. The van der Waals surface area contributed by atoms with E-state index in [1.165, 1.54) is 20.3 Å². The highest BCUT2D eigenvalue weighted by Gasteiger charge is 2.15. The van der Waals surface area contributed by atoms with Gasteiger partial charge in [-0.15, -0.1) is 0 Å². The summed E-state index contributed by atoms with van der Waals surface area (Å²) in [7, 11) is 2.00. The van der Waals surface area contributed by atoms with Crippen LogP contribution in [0, 0.1) is 3.57 Å². The lowest BCUT2D eigenvalue weighted by Gasteiger charge is -2.19. The van der Waals surface area contributed by atoms with E-state index in [4.69, 9.17) is 0 Å². The van der Waals surface area contributed by atoms with Crippen LogP contribution in [0.3, 0.4) is 0 Å². The van der Waals surface area contributed by atoms with E-state index in [0.717, 1.165) is 10.9 Å². The summed E-state index contributed by atoms with van der Waals surface area (Å²) in [5.41, 5.74) is 3.95. The smallest absolute Gasteiger partial charge is 0.0585 e. The topological polar surface area (TPSA) is 12.0 Å². The first-order valence-corrected chi connectivity index (χ1v) is 8.24. The molecule has 3 heteroatoms. The molecule has 0 heterocycles. The average Bonchev–Trinajstić information content (AvgIpc) is 2.44. The molecule has 1 nitrogen and oxygen atoms in total. The Labute approximate surface area is 137 Å². The van der Waals surface area contributed by atoms with Crippen molar-refractivity contribution in [3.8, 4) is 0 Å². The van der Waals surface area contributed by atoms with Crippen molar-refractivity contribution in [3.63, 3.8) is 0 Å². The molecule has 1 atom stereocenters. The Hall–Kier alpha value is -0.390. The Morgan fingerprint density at radius 3 is 2.42 bits per heavy atom. The van der Waals surface area contributed by atoms with Gasteiger partial charge in [-0.05, 0) is 70.9 Å². The molecule has 1 N–H and O–H groups in total. The van der Waals surface area contributed by atoms with Crippen molar-refractivity contribution in [1.29, 1.82) is 0 Å². The van der Waals surface area contributed by atoms with E-state index in [2.05, 4.69) is 93.2 Å². The van der Waals surface area contributed by atoms with Gasteiger partial charge >= 0.3 is 0 Å². The SMILES string of the molecule is CCc1ccc(C(NC)c2cc(I)ccc2Br)cc1. The van der Waals surface area contributed by atoms with E-state index in [-0.39, 0.29) is 6.04 Å². The summed E-state index contributed by atoms with van der Waals surface area (Å²) in [5.74, 6) is 0. The Morgan fingerprint density at radius 2 is 1.84 bits per heavy atom. The molecule has 2 rings (SSSR count). The van der Waals surface area contributed by atoms with Gasteiger partial charge in [0.25, 0.3) is 0 Å². The minimum Gasteiger partial charge on any atom is -0.309 e. The van der Waals surface area contributed by atoms with Crippen LogP contribution in [-0.4, -0.2) is 7.05 Å². The van der Waals surface area contributed by atoms with Crippen LogP contribution in [0.4, 0.5) is 0 Å². The van der Waals surface area contributed by atoms with Crippen molar-refractivity contribution in [3.05, 3.63) is 67.2 Å². The van der Waals surface area contributed by atoms with Crippen molar-refractivity contribution in [1.82, 2.24) is 5.32 Å². The van der Waals surface area contributed by atoms with Crippen LogP contribution in [0.1, 0.15) is 29.7 Å². The molecule has 1 unspecified atom stereocenters. The number of nitrogens with one attached hydrogen (secondary N) is 1. The highest BCUT2D eigenvalue weighted by Crippen LogP contribution is 2.30. The molecule has 0 aromatic heterocycles. The lowest BCUT2D eigenvalue weighted by Crippen LogP contribution is -2.18. The number of hydrogen-bond acceptors (Lipinski definition) is 1. The van der Waals surface area contributed by atoms with E-state index in [1.54, 1.807) is 0 Å². The van der Waals surface area contributed by atoms with E-state index in [9.17, 15) is 0 Å². The maximum Gasteiger partial charge on any atom is 0.0585 e. The Morgan fingerprint density at radius 1 is 1.16 bits per heavy atom. The van der Waals surface area contributed by atoms with Crippen molar-refractivity contribution in [2.24, 2.45) is 0 Å². The summed E-state index contributed by atoms with van der Waals surface area (Å²) in [4.78, 5) is 0. The summed E-state index contributed by atoms with van der Waals surface area (Å²) in [6, 6.07) is 15.5. The first-order chi connectivity index (χ1) is 9.15. The molecule has 0 fully saturated rings. The third-order valence-corrected chi connectivity index (χ3v) is 4.67. The molecular formula is C16H17BrIN. The molecule has 0 amide bonds. The van der Waals surface area contributed by atoms with Crippen molar-refractivity contribution < 1.29 is 0 Å². The third-order valence-electron chi connectivity index (χ3n) is 3.28. The van der Waals surface area contributed by atoms with Crippen LogP contribution in [0.25, 0.3) is 0 Å². The first kappa shape index (κ1) is 15.0. The van der Waals surface area contributed by atoms with E-state index >= 15 is 0 Å². The van der Waals surface area contributed by atoms with Gasteiger partial charge in [-0.3, -0.25) is 0 Å². The summed E-state index contributed by atoms with van der Waals surface area (Å²) in [5, 5.41) is 3.41. The van der Waals surface area contributed by atoms with Gasteiger partial charge < -0.3 is 5.32 Å². The van der Waals surface area contributed by atoms with Gasteiger partial charge in [0.2, 0.25) is 0 Å². The molecule has 0 aliphatic rings. The quantitative estimate of drug-likeness (QED) is 0.679. The van der Waals surface area contributed by atoms with Gasteiger partial charge in [-0.1, -0.05) is 47.1 Å². The van der Waals surface area contributed by atoms with Crippen LogP contribution in [0.15, 0.2) is 46.9 Å². The molecule has 0 aliphatic heterocycles. The Kier molecular flexibility index (Phi) is 5.42. The average molecular weight is 430 g/mol. The molecule has 0 radical (unpaired) electrons. The summed E-state index contributed by atoms with van der Waals surface area (Å²) in [6.07, 6.45) is 1.08. The highest BCUT2D eigenvalue weighted by molar-refractivity contribution is 14.1. The van der Waals surface area contributed by atoms with Gasteiger partial charge in [0.05, 0.1) is 6.04 Å². The fraction of sp³-hybridized carbons (Fsp3) is 0.250. The van der Waals surface area contributed by atoms with Gasteiger partial charge in [0, 0.05) is 8.04 Å². The van der Waals surface area contributed by atoms with Crippen LogP contribution in [0.5, 0.6) is 0 Å². The Bertz CT molecular complexity index is 551. The zero-order chi connectivity index (χ0) is 13.8. The van der Waals surface area contributed by atoms with E-state index in [1.807, 2.05) is 7.05 Å². The second-order valence-corrected chi connectivity index (χ2v) is 6.58. The van der Waals surface area contributed by atoms with E-state index in [0.29, 0.717) is 0 Å². The molecule has 0 bridgehead atoms. The van der Waals surface area contributed by atoms with Crippen LogP contribution in [-0.2, 0) is 6.42 Å². The minimum absolute atomic E-state index is 0.218. The molecule has 0 saturated carbocycles. The van der Waals surface area contributed by atoms with Gasteiger partial charge in [0.15, 0.2) is 0 Å². The maximum absolute atomic E-state index is 3.65. The Balaban J connectivity index is 2.40. The van der Waals surface area contributed by atoms with Crippen LogP contribution >= 0.6 is 38.5 Å². The molecule has 2 aromatic rings. The molecule has 0 saturated heterocycles. The summed E-state index contributed by atoms with van der Waals surface area (Å²) >= 11 is 6.01. The monoisotopic (exact) mass is 429 g/mol. The van der Waals surface area contributed by atoms with Crippen molar-refractivity contribution in [2.45, 2.75) is 19.4 Å². The summed E-state index contributed by atoms with van der Waals surface area (Å²) < 4.78 is 2.40. The molecule has 19 heavy (non-hydrogen) atoms. The molecule has 100 valence electrons. The number of halogens is 2. The predicted octanol–water partition coefficient (Wildman–Crippen LogP) is 4.92. The minimum atomic E-state index is 0.218. The van der Waals surface area contributed by atoms with E-state index < -0.39 is 0 Å². The van der Waals surface area contributed by atoms with Crippen molar-refractivity contribution in [2.75, 3.05) is 7.05 Å². The normalized spacial score (nSPS) is 12.4.